The van der Waals surface area contributed by atoms with Gasteiger partial charge >= 0.3 is 0 Å². The van der Waals surface area contributed by atoms with Crippen LogP contribution in [-0.2, 0) is 0 Å². The normalized spacial score (nSPS) is 15.8. The van der Waals surface area contributed by atoms with Crippen LogP contribution < -0.4 is 5.19 Å². The van der Waals surface area contributed by atoms with Crippen molar-refractivity contribution in [1.29, 1.82) is 0 Å². The van der Waals surface area contributed by atoms with Crippen LogP contribution in [0.5, 0.6) is 0 Å². The van der Waals surface area contributed by atoms with Crippen LogP contribution in [0.15, 0.2) is 30.3 Å². The highest BCUT2D eigenvalue weighted by Crippen LogP contribution is 2.15. The quantitative estimate of drug-likeness (QED) is 0.551. The minimum Gasteiger partial charge on any atom is -0.0674 e. The van der Waals surface area contributed by atoms with E-state index in [1.807, 2.05) is 30.3 Å². The summed E-state index contributed by atoms with van der Waals surface area (Å²) in [6.45, 7) is 0. The average molecular weight is 189 g/mol. The van der Waals surface area contributed by atoms with E-state index in [-0.39, 0.29) is 0 Å². The van der Waals surface area contributed by atoms with Crippen LogP contribution in [-0.4, -0.2) is 10.2 Å². The molecular formula is C12H17Si. The summed E-state index contributed by atoms with van der Waals surface area (Å²) in [6.07, 6.45) is 9.00. The van der Waals surface area contributed by atoms with Gasteiger partial charge in [0.05, 0.1) is 10.2 Å². The van der Waals surface area contributed by atoms with Crippen LogP contribution in [0.3, 0.4) is 0 Å². The van der Waals surface area contributed by atoms with Gasteiger partial charge in [-0.2, -0.15) is 0 Å². The molecule has 0 unspecified atom stereocenters. The molecule has 3 radical (unpaired) electrons. The first-order valence-corrected chi connectivity index (χ1v) is 5.66. The molecule has 69 valence electrons. The van der Waals surface area contributed by atoms with Crippen molar-refractivity contribution in [1.82, 2.24) is 0 Å². The fraction of sp³-hybridized carbons (Fsp3) is 0.500. The summed E-state index contributed by atoms with van der Waals surface area (Å²) < 4.78 is 0. The minimum atomic E-state index is 1.13. The molecular weight excluding hydrogens is 172 g/mol. The Morgan fingerprint density at radius 3 is 1.31 bits per heavy atom. The molecule has 0 heterocycles. The van der Waals surface area contributed by atoms with Gasteiger partial charge in [0.1, 0.15) is 0 Å². The topological polar surface area (TPSA) is 0 Å². The third-order valence-corrected chi connectivity index (χ3v) is 2.61. The molecule has 0 aliphatic heterocycles. The Balaban J connectivity index is 0.000000132. The van der Waals surface area contributed by atoms with Gasteiger partial charge in [0.2, 0.25) is 0 Å². The molecule has 1 saturated carbocycles. The molecule has 2 rings (SSSR count). The second-order valence-electron chi connectivity index (χ2n) is 3.49. The Morgan fingerprint density at radius 2 is 1.08 bits per heavy atom. The zero-order chi connectivity index (χ0) is 9.36. The first-order chi connectivity index (χ1) is 6.39. The first kappa shape index (κ1) is 10.5. The molecule has 0 aromatic heterocycles. The predicted molar refractivity (Wildman–Crippen MR) is 59.5 cm³/mol. The van der Waals surface area contributed by atoms with Gasteiger partial charge in [0.25, 0.3) is 0 Å². The Kier molecular flexibility index (Phi) is 5.58. The van der Waals surface area contributed by atoms with Crippen LogP contribution in [0.1, 0.15) is 38.5 Å². The summed E-state index contributed by atoms with van der Waals surface area (Å²) in [5.74, 6) is 0. The number of hydrogen-bond acceptors (Lipinski definition) is 0. The zero-order valence-corrected chi connectivity index (χ0v) is 9.13. The van der Waals surface area contributed by atoms with Crippen LogP contribution in [0.25, 0.3) is 0 Å². The predicted octanol–water partition coefficient (Wildman–Crippen LogP) is 2.82. The molecule has 0 atom stereocenters. The second kappa shape index (κ2) is 6.90. The van der Waals surface area contributed by atoms with Gasteiger partial charge in [-0.05, 0) is 0 Å². The molecule has 1 aliphatic rings. The maximum Gasteiger partial charge on any atom is 0.0711 e. The Bertz CT molecular complexity index is 190. The molecule has 1 aliphatic carbocycles. The van der Waals surface area contributed by atoms with Gasteiger partial charge in [-0.3, -0.25) is 0 Å². The zero-order valence-electron chi connectivity index (χ0n) is 8.13. The van der Waals surface area contributed by atoms with Crippen molar-refractivity contribution in [2.75, 3.05) is 0 Å². The van der Waals surface area contributed by atoms with Crippen molar-refractivity contribution in [2.45, 2.75) is 38.5 Å². The van der Waals surface area contributed by atoms with Crippen LogP contribution in [0, 0.1) is 0 Å². The molecule has 0 amide bonds. The molecule has 1 fully saturated rings. The van der Waals surface area contributed by atoms with Crippen molar-refractivity contribution in [3.63, 3.8) is 0 Å². The van der Waals surface area contributed by atoms with E-state index in [1.54, 1.807) is 0 Å². The fourth-order valence-corrected chi connectivity index (χ4v) is 1.69. The molecule has 0 saturated heterocycles. The lowest BCUT2D eigenvalue weighted by atomic mass is 10.0. The molecule has 0 bridgehead atoms. The minimum absolute atomic E-state index is 1.13. The lowest BCUT2D eigenvalue weighted by Gasteiger charge is -2.05. The summed E-state index contributed by atoms with van der Waals surface area (Å²) in [5.41, 5.74) is 0. The number of rotatable bonds is 0. The van der Waals surface area contributed by atoms with Gasteiger partial charge in [0, 0.05) is 0 Å². The van der Waals surface area contributed by atoms with E-state index in [0.717, 1.165) is 5.19 Å². The molecule has 1 aromatic rings. The third kappa shape index (κ3) is 5.64. The highest BCUT2D eigenvalue weighted by Gasteiger charge is 1.95. The number of benzene rings is 1. The molecule has 13 heavy (non-hydrogen) atoms. The van der Waals surface area contributed by atoms with Gasteiger partial charge in [0.15, 0.2) is 0 Å². The molecule has 0 nitrogen and oxygen atoms in total. The standard InChI is InChI=1S/C6H5Si.C6H12/c7-6-4-2-1-3-5-6;1-2-4-6-5-3-1/h1-5H;1-6H2. The monoisotopic (exact) mass is 189 g/mol. The highest BCUT2D eigenvalue weighted by molar-refractivity contribution is 6.32. The van der Waals surface area contributed by atoms with E-state index < -0.39 is 0 Å². The SMILES string of the molecule is C1CCCCC1.[Si]c1ccccc1. The van der Waals surface area contributed by atoms with E-state index in [2.05, 4.69) is 10.2 Å². The van der Waals surface area contributed by atoms with Gasteiger partial charge in [-0.25, -0.2) is 0 Å². The molecule has 0 N–H and O–H groups in total. The van der Waals surface area contributed by atoms with Crippen LogP contribution in [0.4, 0.5) is 0 Å². The van der Waals surface area contributed by atoms with Crippen LogP contribution in [0.2, 0.25) is 0 Å². The van der Waals surface area contributed by atoms with Gasteiger partial charge in [-0.15, -0.1) is 0 Å². The first-order valence-electron chi connectivity index (χ1n) is 5.16. The van der Waals surface area contributed by atoms with E-state index in [1.165, 1.54) is 38.5 Å². The lowest BCUT2D eigenvalue weighted by Crippen LogP contribution is -1.97. The average Bonchev–Trinajstić information content (AvgIpc) is 2.22. The fourth-order valence-electron chi connectivity index (χ4n) is 1.50. The second-order valence-corrected chi connectivity index (χ2v) is 4.06. The van der Waals surface area contributed by atoms with E-state index >= 15 is 0 Å². The molecule has 0 spiro atoms. The van der Waals surface area contributed by atoms with Crippen LogP contribution >= 0.6 is 0 Å². The Labute approximate surface area is 84.8 Å². The third-order valence-electron chi connectivity index (χ3n) is 2.27. The van der Waals surface area contributed by atoms with E-state index in [9.17, 15) is 0 Å². The van der Waals surface area contributed by atoms with E-state index in [0.29, 0.717) is 0 Å². The van der Waals surface area contributed by atoms with E-state index in [4.69, 9.17) is 0 Å². The molecule has 1 aromatic carbocycles. The molecule has 1 heteroatoms. The smallest absolute Gasteiger partial charge is 0.0674 e. The number of hydrogen-bond donors (Lipinski definition) is 0. The Hall–Kier alpha value is -0.563. The largest absolute Gasteiger partial charge is 0.0711 e. The van der Waals surface area contributed by atoms with Gasteiger partial charge < -0.3 is 0 Å². The highest BCUT2D eigenvalue weighted by atomic mass is 28.1. The van der Waals surface area contributed by atoms with Crippen molar-refractivity contribution in [3.8, 4) is 0 Å². The van der Waals surface area contributed by atoms with Crippen molar-refractivity contribution in [2.24, 2.45) is 0 Å². The van der Waals surface area contributed by atoms with Gasteiger partial charge in [-0.1, -0.05) is 74.0 Å². The summed E-state index contributed by atoms with van der Waals surface area (Å²) in [6, 6.07) is 9.96. The Morgan fingerprint density at radius 1 is 0.692 bits per heavy atom. The lowest BCUT2D eigenvalue weighted by molar-refractivity contribution is 0.504. The summed E-state index contributed by atoms with van der Waals surface area (Å²) in [7, 11) is 3.36. The summed E-state index contributed by atoms with van der Waals surface area (Å²) in [4.78, 5) is 0. The maximum atomic E-state index is 3.36. The van der Waals surface area contributed by atoms with Crippen molar-refractivity contribution in [3.05, 3.63) is 30.3 Å². The maximum absolute atomic E-state index is 3.36. The summed E-state index contributed by atoms with van der Waals surface area (Å²) >= 11 is 0. The van der Waals surface area contributed by atoms with Crippen molar-refractivity contribution >= 4 is 15.4 Å². The summed E-state index contributed by atoms with van der Waals surface area (Å²) in [5, 5.41) is 1.13. The van der Waals surface area contributed by atoms with Crippen molar-refractivity contribution < 1.29 is 0 Å².